The van der Waals surface area contributed by atoms with Crippen molar-refractivity contribution in [2.45, 2.75) is 32.2 Å². The number of carbonyl (C=O) groups excluding carboxylic acids is 1. The fourth-order valence-corrected chi connectivity index (χ4v) is 4.88. The number of hydrogen-bond donors (Lipinski definition) is 1. The first kappa shape index (κ1) is 25.5. The summed E-state index contributed by atoms with van der Waals surface area (Å²) < 4.78 is 11.6. The van der Waals surface area contributed by atoms with Gasteiger partial charge in [0.1, 0.15) is 29.7 Å². The Labute approximate surface area is 216 Å². The van der Waals surface area contributed by atoms with Gasteiger partial charge in [0, 0.05) is 28.0 Å². The first-order valence-electron chi connectivity index (χ1n) is 11.9. The monoisotopic (exact) mass is 499 g/mol. The van der Waals surface area contributed by atoms with E-state index in [1.165, 1.54) is 4.91 Å². The molecular weight excluding hydrogens is 470 g/mol. The molecule has 0 saturated heterocycles. The van der Waals surface area contributed by atoms with Crippen molar-refractivity contribution in [3.63, 3.8) is 0 Å². The number of hydrogen-bond acceptors (Lipinski definition) is 7. The average Bonchev–Trinajstić information content (AvgIpc) is 3.43. The predicted molar refractivity (Wildman–Crippen MR) is 143 cm³/mol. The Kier molecular flexibility index (Phi) is 8.42. The van der Waals surface area contributed by atoms with Crippen LogP contribution in [-0.2, 0) is 11.2 Å². The third-order valence-corrected chi connectivity index (χ3v) is 6.82. The summed E-state index contributed by atoms with van der Waals surface area (Å²) in [6.07, 6.45) is 5.60. The Balaban J connectivity index is 1.27. The predicted octanol–water partition coefficient (Wildman–Crippen LogP) is 5.78. The van der Waals surface area contributed by atoms with Crippen LogP contribution >= 0.6 is 11.8 Å². The van der Waals surface area contributed by atoms with Crippen molar-refractivity contribution < 1.29 is 14.3 Å². The number of carbonyl (C=O) groups is 1. The van der Waals surface area contributed by atoms with Gasteiger partial charge in [0.15, 0.2) is 5.78 Å². The third-order valence-electron chi connectivity index (χ3n) is 5.69. The Morgan fingerprint density at radius 2 is 1.94 bits per heavy atom. The molecular formula is C29H29N3O3S. The van der Waals surface area contributed by atoms with Gasteiger partial charge in [-0.15, -0.1) is 11.8 Å². The molecule has 7 heteroatoms. The number of benzene rings is 2. The summed E-state index contributed by atoms with van der Waals surface area (Å²) in [4.78, 5) is 17.9. The Bertz CT molecular complexity index is 1280. The number of rotatable bonds is 11. The van der Waals surface area contributed by atoms with Crippen LogP contribution in [0.5, 0.6) is 17.4 Å². The molecule has 36 heavy (non-hydrogen) atoms. The molecule has 0 unspecified atom stereocenters. The molecule has 0 atom stereocenters. The average molecular weight is 500 g/mol. The van der Waals surface area contributed by atoms with Crippen molar-refractivity contribution in [3.05, 3.63) is 89.6 Å². The van der Waals surface area contributed by atoms with E-state index < -0.39 is 0 Å². The van der Waals surface area contributed by atoms with Crippen LogP contribution in [0.4, 0.5) is 0 Å². The summed E-state index contributed by atoms with van der Waals surface area (Å²) in [5.41, 5.74) is 2.25. The van der Waals surface area contributed by atoms with Gasteiger partial charge in [-0.05, 0) is 62.6 Å². The number of pyridine rings is 1. The van der Waals surface area contributed by atoms with Crippen LogP contribution in [0.25, 0.3) is 4.91 Å². The molecule has 2 aromatic carbocycles. The standard InChI is InChI=1S/C29H29N3O3S/c1-29(2,17-21-11-13-24(14-12-21)35-28-22(18-30)7-5-15-31-28)32-19-23(33)20-34-26-9-4-3-8-25(26)27-10-6-16-36-27/h3-5,7-15,32H,6,16-17,19-20H2,1-2H3. The minimum atomic E-state index is -0.295. The van der Waals surface area contributed by atoms with Gasteiger partial charge in [0.05, 0.1) is 6.54 Å². The molecule has 184 valence electrons. The molecule has 1 aliphatic rings. The Hall–Kier alpha value is -3.60. The van der Waals surface area contributed by atoms with E-state index in [9.17, 15) is 10.1 Å². The highest BCUT2D eigenvalue weighted by Crippen LogP contribution is 2.38. The molecule has 0 spiro atoms. The highest BCUT2D eigenvalue weighted by molar-refractivity contribution is 8.08. The highest BCUT2D eigenvalue weighted by Gasteiger charge is 2.20. The van der Waals surface area contributed by atoms with Crippen LogP contribution in [0.3, 0.4) is 0 Å². The molecule has 0 bridgehead atoms. The van der Waals surface area contributed by atoms with Gasteiger partial charge in [-0.1, -0.05) is 36.4 Å². The second-order valence-corrected chi connectivity index (χ2v) is 10.3. The maximum Gasteiger partial charge on any atom is 0.237 e. The number of para-hydroxylation sites is 1. The molecule has 3 aromatic rings. The van der Waals surface area contributed by atoms with E-state index in [1.54, 1.807) is 18.3 Å². The lowest BCUT2D eigenvalue weighted by Gasteiger charge is -2.26. The summed E-state index contributed by atoms with van der Waals surface area (Å²) in [5.74, 6) is 2.74. The summed E-state index contributed by atoms with van der Waals surface area (Å²) in [6.45, 7) is 4.39. The van der Waals surface area contributed by atoms with E-state index in [0.717, 1.165) is 35.5 Å². The summed E-state index contributed by atoms with van der Waals surface area (Å²) in [7, 11) is 0. The van der Waals surface area contributed by atoms with Gasteiger partial charge in [0.25, 0.3) is 0 Å². The topological polar surface area (TPSA) is 84.2 Å². The maximum atomic E-state index is 12.6. The number of Topliss-reactive ketones (excluding diaryl/α,β-unsaturated/α-hetero) is 1. The molecule has 0 radical (unpaired) electrons. The lowest BCUT2D eigenvalue weighted by atomic mass is 9.94. The fourth-order valence-electron chi connectivity index (χ4n) is 3.87. The van der Waals surface area contributed by atoms with Gasteiger partial charge in [0.2, 0.25) is 5.88 Å². The Morgan fingerprint density at radius 3 is 2.69 bits per heavy atom. The lowest BCUT2D eigenvalue weighted by Crippen LogP contribution is -2.44. The van der Waals surface area contributed by atoms with Crippen molar-refractivity contribution in [1.82, 2.24) is 10.3 Å². The van der Waals surface area contributed by atoms with Gasteiger partial charge < -0.3 is 14.8 Å². The van der Waals surface area contributed by atoms with E-state index in [4.69, 9.17) is 9.47 Å². The van der Waals surface area contributed by atoms with E-state index >= 15 is 0 Å². The number of ether oxygens (including phenoxy) is 2. The number of nitrogens with zero attached hydrogens (tertiary/aromatic N) is 2. The highest BCUT2D eigenvalue weighted by atomic mass is 32.2. The van der Waals surface area contributed by atoms with Gasteiger partial charge in [-0.25, -0.2) is 4.98 Å². The quantitative estimate of drug-likeness (QED) is 0.358. The number of ketones is 1. The summed E-state index contributed by atoms with van der Waals surface area (Å²) >= 11 is 1.82. The zero-order valence-corrected chi connectivity index (χ0v) is 21.3. The Morgan fingerprint density at radius 1 is 1.14 bits per heavy atom. The summed E-state index contributed by atoms with van der Waals surface area (Å²) in [5, 5.41) is 12.6. The second-order valence-electron chi connectivity index (χ2n) is 9.16. The van der Waals surface area contributed by atoms with E-state index in [0.29, 0.717) is 11.3 Å². The van der Waals surface area contributed by atoms with Crippen molar-refractivity contribution >= 4 is 22.5 Å². The van der Waals surface area contributed by atoms with Gasteiger partial charge >= 0.3 is 0 Å². The number of allylic oxidation sites excluding steroid dienone is 1. The maximum absolute atomic E-state index is 12.6. The molecule has 0 aliphatic carbocycles. The zero-order valence-electron chi connectivity index (χ0n) is 20.5. The van der Waals surface area contributed by atoms with Crippen LogP contribution < -0.4 is 14.8 Å². The number of thioether (sulfide) groups is 1. The summed E-state index contributed by atoms with van der Waals surface area (Å²) in [6, 6.07) is 21.0. The number of aromatic nitrogens is 1. The van der Waals surface area contributed by atoms with Gasteiger partial charge in [-0.2, -0.15) is 5.26 Å². The minimum Gasteiger partial charge on any atom is -0.485 e. The minimum absolute atomic E-state index is 0.00154. The molecule has 1 aliphatic heterocycles. The number of nitrogens with one attached hydrogen (secondary N) is 1. The largest absolute Gasteiger partial charge is 0.485 e. The van der Waals surface area contributed by atoms with Crippen molar-refractivity contribution in [2.24, 2.45) is 0 Å². The molecule has 6 nitrogen and oxygen atoms in total. The molecule has 4 rings (SSSR count). The number of nitriles is 1. The second kappa shape index (κ2) is 11.9. The third kappa shape index (κ3) is 6.97. The van der Waals surface area contributed by atoms with Crippen molar-refractivity contribution in [3.8, 4) is 23.4 Å². The van der Waals surface area contributed by atoms with Crippen LogP contribution in [0.2, 0.25) is 0 Å². The molecule has 0 amide bonds. The molecule has 2 heterocycles. The zero-order chi connectivity index (χ0) is 25.4. The molecule has 0 saturated carbocycles. The first-order valence-corrected chi connectivity index (χ1v) is 12.9. The molecule has 1 N–H and O–H groups in total. The molecule has 0 fully saturated rings. The molecule has 1 aromatic heterocycles. The first-order chi connectivity index (χ1) is 17.4. The van der Waals surface area contributed by atoms with Gasteiger partial charge in [-0.3, -0.25) is 4.79 Å². The smallest absolute Gasteiger partial charge is 0.237 e. The normalized spacial score (nSPS) is 13.1. The van der Waals surface area contributed by atoms with Crippen LogP contribution in [0, 0.1) is 11.3 Å². The van der Waals surface area contributed by atoms with E-state index in [2.05, 4.69) is 36.3 Å². The van der Waals surface area contributed by atoms with Crippen molar-refractivity contribution in [1.29, 1.82) is 5.26 Å². The van der Waals surface area contributed by atoms with Crippen molar-refractivity contribution in [2.75, 3.05) is 18.9 Å². The fraction of sp³-hybridized carbons (Fsp3) is 0.276. The van der Waals surface area contributed by atoms with E-state index in [1.807, 2.05) is 60.3 Å². The van der Waals surface area contributed by atoms with Crippen LogP contribution in [0.1, 0.15) is 37.0 Å². The lowest BCUT2D eigenvalue weighted by molar-refractivity contribution is -0.120. The SMILES string of the molecule is CC(C)(Cc1ccc(Oc2ncccc2C#N)cc1)NCC(=O)COc1ccccc1C1=CCCS1. The van der Waals surface area contributed by atoms with Crippen LogP contribution in [0.15, 0.2) is 72.9 Å². The van der Waals surface area contributed by atoms with E-state index in [-0.39, 0.29) is 30.4 Å². The van der Waals surface area contributed by atoms with Crippen LogP contribution in [-0.4, -0.2) is 35.2 Å².